The van der Waals surface area contributed by atoms with E-state index in [1.165, 1.54) is 17.0 Å². The van der Waals surface area contributed by atoms with Crippen molar-refractivity contribution in [2.45, 2.75) is 32.9 Å². The Kier molecular flexibility index (Phi) is 4.74. The Hall–Kier alpha value is -2.76. The molecular weight excluding hydrogens is 298 g/mol. The lowest BCUT2D eigenvalue weighted by atomic mass is 10.2. The second-order valence-corrected chi connectivity index (χ2v) is 5.97. The molecule has 1 amide bonds. The lowest BCUT2D eigenvalue weighted by molar-refractivity contribution is 0.0575. The summed E-state index contributed by atoms with van der Waals surface area (Å²) in [4.78, 5) is 24.7. The number of aromatic carboxylic acids is 1. The molecule has 1 N–H and O–H groups in total. The molecule has 0 aliphatic heterocycles. The number of hydrogen-bond donors (Lipinski definition) is 1. The highest BCUT2D eigenvalue weighted by molar-refractivity contribution is 5.88. The zero-order valence-electron chi connectivity index (χ0n) is 13.3. The summed E-state index contributed by atoms with van der Waals surface area (Å²) in [5, 5.41) is 8.91. The number of carboxylic acid groups (broad SMARTS) is 1. The van der Waals surface area contributed by atoms with Crippen LogP contribution in [0.25, 0.3) is 0 Å². The van der Waals surface area contributed by atoms with Crippen molar-refractivity contribution in [2.75, 3.05) is 4.90 Å². The minimum atomic E-state index is -1.15. The van der Waals surface area contributed by atoms with Crippen molar-refractivity contribution in [2.24, 2.45) is 0 Å². The summed E-state index contributed by atoms with van der Waals surface area (Å²) >= 11 is 0. The molecule has 122 valence electrons. The van der Waals surface area contributed by atoms with Gasteiger partial charge in [-0.25, -0.2) is 9.59 Å². The number of amides is 1. The molecule has 0 fully saturated rings. The highest BCUT2D eigenvalue weighted by Crippen LogP contribution is 2.21. The van der Waals surface area contributed by atoms with Crippen LogP contribution in [0.4, 0.5) is 10.5 Å². The number of ether oxygens (including phenoxy) is 1. The molecule has 2 aromatic rings. The molecule has 6 heteroatoms. The Balaban J connectivity index is 2.26. The monoisotopic (exact) mass is 317 g/mol. The van der Waals surface area contributed by atoms with Gasteiger partial charge in [0.25, 0.3) is 0 Å². The quantitative estimate of drug-likeness (QED) is 0.924. The second kappa shape index (κ2) is 6.56. The summed E-state index contributed by atoms with van der Waals surface area (Å²) in [6, 6.07) is 11.9. The number of hydrogen-bond acceptors (Lipinski definition) is 4. The van der Waals surface area contributed by atoms with Crippen LogP contribution in [0.2, 0.25) is 0 Å². The summed E-state index contributed by atoms with van der Waals surface area (Å²) < 4.78 is 10.6. The fourth-order valence-corrected chi connectivity index (χ4v) is 1.92. The van der Waals surface area contributed by atoms with Crippen LogP contribution in [-0.2, 0) is 11.3 Å². The number of furan rings is 1. The predicted octanol–water partition coefficient (Wildman–Crippen LogP) is 3.92. The van der Waals surface area contributed by atoms with Gasteiger partial charge >= 0.3 is 12.1 Å². The summed E-state index contributed by atoms with van der Waals surface area (Å²) in [6.07, 6.45) is -0.531. The molecule has 0 unspecified atom stereocenters. The van der Waals surface area contributed by atoms with Gasteiger partial charge in [0.1, 0.15) is 11.4 Å². The zero-order valence-corrected chi connectivity index (χ0v) is 13.3. The number of carbonyl (C=O) groups is 2. The maximum absolute atomic E-state index is 12.5. The highest BCUT2D eigenvalue weighted by Gasteiger charge is 2.24. The van der Waals surface area contributed by atoms with E-state index in [2.05, 4.69) is 0 Å². The van der Waals surface area contributed by atoms with E-state index in [1.807, 2.05) is 6.07 Å². The normalized spacial score (nSPS) is 11.1. The van der Waals surface area contributed by atoms with Crippen LogP contribution >= 0.6 is 0 Å². The van der Waals surface area contributed by atoms with E-state index < -0.39 is 17.7 Å². The Morgan fingerprint density at radius 1 is 1.13 bits per heavy atom. The number of benzene rings is 1. The molecule has 1 heterocycles. The standard InChI is InChI=1S/C17H19NO5/c1-17(2,3)23-16(21)18(12-7-5-4-6-8-12)11-13-9-10-14(22-13)15(19)20/h4-10H,11H2,1-3H3,(H,19,20). The van der Waals surface area contributed by atoms with E-state index in [1.54, 1.807) is 45.0 Å². The van der Waals surface area contributed by atoms with Crippen molar-refractivity contribution in [3.63, 3.8) is 0 Å². The molecule has 23 heavy (non-hydrogen) atoms. The van der Waals surface area contributed by atoms with Gasteiger partial charge in [-0.1, -0.05) is 18.2 Å². The molecule has 1 aromatic carbocycles. The summed E-state index contributed by atoms with van der Waals surface area (Å²) in [5.74, 6) is -0.964. The molecule has 0 atom stereocenters. The first-order valence-electron chi connectivity index (χ1n) is 7.14. The fourth-order valence-electron chi connectivity index (χ4n) is 1.92. The van der Waals surface area contributed by atoms with Gasteiger partial charge in [-0.2, -0.15) is 0 Å². The van der Waals surface area contributed by atoms with Gasteiger partial charge in [-0.05, 0) is 45.0 Å². The van der Waals surface area contributed by atoms with Crippen LogP contribution in [0, 0.1) is 0 Å². The first-order chi connectivity index (χ1) is 10.8. The highest BCUT2D eigenvalue weighted by atomic mass is 16.6. The van der Waals surface area contributed by atoms with Crippen LogP contribution in [0.5, 0.6) is 0 Å². The molecule has 0 aliphatic carbocycles. The minimum absolute atomic E-state index is 0.0756. The van der Waals surface area contributed by atoms with Gasteiger partial charge < -0.3 is 14.3 Å². The van der Waals surface area contributed by atoms with Crippen LogP contribution in [0.15, 0.2) is 46.9 Å². The fraction of sp³-hybridized carbons (Fsp3) is 0.294. The number of nitrogens with zero attached hydrogens (tertiary/aromatic N) is 1. The molecule has 0 bridgehead atoms. The molecule has 0 aliphatic rings. The summed E-state index contributed by atoms with van der Waals surface area (Å²) in [5.41, 5.74) is -0.00510. The predicted molar refractivity (Wildman–Crippen MR) is 84.5 cm³/mol. The molecule has 0 saturated carbocycles. The number of anilines is 1. The summed E-state index contributed by atoms with van der Waals surface area (Å²) in [7, 11) is 0. The largest absolute Gasteiger partial charge is 0.475 e. The maximum atomic E-state index is 12.5. The van der Waals surface area contributed by atoms with Gasteiger partial charge in [0.2, 0.25) is 5.76 Å². The number of rotatable bonds is 4. The van der Waals surface area contributed by atoms with E-state index in [4.69, 9.17) is 14.3 Å². The number of para-hydroxylation sites is 1. The minimum Gasteiger partial charge on any atom is -0.475 e. The van der Waals surface area contributed by atoms with E-state index in [-0.39, 0.29) is 12.3 Å². The molecule has 6 nitrogen and oxygen atoms in total. The molecule has 0 radical (unpaired) electrons. The average molecular weight is 317 g/mol. The van der Waals surface area contributed by atoms with E-state index in [0.717, 1.165) is 0 Å². The van der Waals surface area contributed by atoms with Crippen LogP contribution in [0.3, 0.4) is 0 Å². The SMILES string of the molecule is CC(C)(C)OC(=O)N(Cc1ccc(C(=O)O)o1)c1ccccc1. The van der Waals surface area contributed by atoms with Gasteiger partial charge in [-0.3, -0.25) is 4.90 Å². The van der Waals surface area contributed by atoms with Crippen molar-refractivity contribution < 1.29 is 23.8 Å². The Labute approximate surface area is 134 Å². The third kappa shape index (κ3) is 4.60. The Morgan fingerprint density at radius 2 is 1.78 bits per heavy atom. The molecule has 2 rings (SSSR count). The average Bonchev–Trinajstić information content (AvgIpc) is 2.92. The molecular formula is C17H19NO5. The van der Waals surface area contributed by atoms with Gasteiger partial charge in [0.05, 0.1) is 6.54 Å². The van der Waals surface area contributed by atoms with Crippen molar-refractivity contribution in [1.82, 2.24) is 0 Å². The zero-order chi connectivity index (χ0) is 17.0. The van der Waals surface area contributed by atoms with E-state index in [0.29, 0.717) is 11.4 Å². The third-order valence-corrected chi connectivity index (χ3v) is 2.87. The second-order valence-electron chi connectivity index (χ2n) is 5.97. The first-order valence-corrected chi connectivity index (χ1v) is 7.14. The smallest absolute Gasteiger partial charge is 0.415 e. The van der Waals surface area contributed by atoms with Crippen LogP contribution in [-0.4, -0.2) is 22.8 Å². The van der Waals surface area contributed by atoms with Crippen molar-refractivity contribution in [3.05, 3.63) is 54.0 Å². The van der Waals surface area contributed by atoms with Gasteiger partial charge in [0.15, 0.2) is 0 Å². The Bertz CT molecular complexity index is 685. The van der Waals surface area contributed by atoms with Gasteiger partial charge in [-0.15, -0.1) is 0 Å². The lowest BCUT2D eigenvalue weighted by Crippen LogP contribution is -2.36. The lowest BCUT2D eigenvalue weighted by Gasteiger charge is -2.27. The Morgan fingerprint density at radius 3 is 2.30 bits per heavy atom. The first kappa shape index (κ1) is 16.6. The van der Waals surface area contributed by atoms with Crippen molar-refractivity contribution in [3.8, 4) is 0 Å². The van der Waals surface area contributed by atoms with Crippen molar-refractivity contribution >= 4 is 17.7 Å². The third-order valence-electron chi connectivity index (χ3n) is 2.87. The topological polar surface area (TPSA) is 80.0 Å². The molecule has 0 spiro atoms. The maximum Gasteiger partial charge on any atom is 0.415 e. The summed E-state index contributed by atoms with van der Waals surface area (Å²) in [6.45, 7) is 5.42. The van der Waals surface area contributed by atoms with E-state index in [9.17, 15) is 9.59 Å². The van der Waals surface area contributed by atoms with Crippen LogP contribution < -0.4 is 4.90 Å². The molecule has 1 aromatic heterocycles. The van der Waals surface area contributed by atoms with E-state index >= 15 is 0 Å². The van der Waals surface area contributed by atoms with Gasteiger partial charge in [0, 0.05) is 5.69 Å². The number of carbonyl (C=O) groups excluding carboxylic acids is 1. The van der Waals surface area contributed by atoms with Crippen LogP contribution in [0.1, 0.15) is 37.1 Å². The molecule has 0 saturated heterocycles. The number of carboxylic acids is 1. The van der Waals surface area contributed by atoms with Crippen molar-refractivity contribution in [1.29, 1.82) is 0 Å².